The lowest BCUT2D eigenvalue weighted by Crippen LogP contribution is -2.35. The van der Waals surface area contributed by atoms with Gasteiger partial charge in [0.05, 0.1) is 10.6 Å². The van der Waals surface area contributed by atoms with E-state index in [9.17, 15) is 9.59 Å². The summed E-state index contributed by atoms with van der Waals surface area (Å²) in [6.45, 7) is 2.48. The van der Waals surface area contributed by atoms with Gasteiger partial charge in [-0.15, -0.1) is 0 Å². The molecule has 0 spiro atoms. The van der Waals surface area contributed by atoms with E-state index in [1.165, 1.54) is 4.90 Å². The zero-order chi connectivity index (χ0) is 20.3. The Balaban J connectivity index is 2.10. The van der Waals surface area contributed by atoms with Crippen LogP contribution in [0.3, 0.4) is 0 Å². The van der Waals surface area contributed by atoms with Crippen molar-refractivity contribution >= 4 is 46.3 Å². The molecule has 1 aliphatic heterocycles. The predicted octanol–water partition coefficient (Wildman–Crippen LogP) is 5.40. The molecule has 2 aromatic rings. The topological polar surface area (TPSA) is 40.6 Å². The molecule has 1 heterocycles. The lowest BCUT2D eigenvalue weighted by molar-refractivity contribution is -0.136. The standard InChI is InChI=1S/C22H22Cl2N2O2/c1-3-4-8-13-26-21(27)19(17-12-11-15(23)14-18(17)24)20(22(26)28)25(2)16-9-6-5-7-10-16/h5-7,9-12,14H,3-4,8,13H2,1-2H3. The van der Waals surface area contributed by atoms with Gasteiger partial charge in [0.15, 0.2) is 0 Å². The second-order valence-corrected chi connectivity index (χ2v) is 7.56. The third-order valence-electron chi connectivity index (χ3n) is 4.81. The average molecular weight is 417 g/mol. The zero-order valence-corrected chi connectivity index (χ0v) is 17.4. The average Bonchev–Trinajstić information content (AvgIpc) is 2.93. The molecule has 0 aromatic heterocycles. The first kappa shape index (κ1) is 20.4. The first-order chi connectivity index (χ1) is 13.5. The van der Waals surface area contributed by atoms with Gasteiger partial charge in [0.1, 0.15) is 5.70 Å². The number of carbonyl (C=O) groups excluding carboxylic acids is 2. The fraction of sp³-hybridized carbons (Fsp3) is 0.273. The number of rotatable bonds is 7. The molecule has 0 fully saturated rings. The van der Waals surface area contributed by atoms with E-state index in [4.69, 9.17) is 23.2 Å². The highest BCUT2D eigenvalue weighted by Crippen LogP contribution is 2.37. The number of unbranched alkanes of at least 4 members (excludes halogenated alkanes) is 2. The number of hydrogen-bond donors (Lipinski definition) is 0. The Bertz CT molecular complexity index is 925. The Morgan fingerprint density at radius 3 is 2.32 bits per heavy atom. The summed E-state index contributed by atoms with van der Waals surface area (Å²) in [7, 11) is 1.79. The Morgan fingerprint density at radius 2 is 1.68 bits per heavy atom. The van der Waals surface area contributed by atoms with Gasteiger partial charge in [0.2, 0.25) is 0 Å². The number of carbonyl (C=O) groups is 2. The summed E-state index contributed by atoms with van der Waals surface area (Å²) in [4.78, 5) is 29.5. The van der Waals surface area contributed by atoms with Gasteiger partial charge in [-0.3, -0.25) is 14.5 Å². The molecule has 0 saturated carbocycles. The quantitative estimate of drug-likeness (QED) is 0.448. The fourth-order valence-electron chi connectivity index (χ4n) is 3.31. The number of halogens is 2. The second-order valence-electron chi connectivity index (χ2n) is 6.71. The number of nitrogens with zero attached hydrogens (tertiary/aromatic N) is 2. The van der Waals surface area contributed by atoms with Gasteiger partial charge in [-0.2, -0.15) is 0 Å². The lowest BCUT2D eigenvalue weighted by atomic mass is 10.0. The van der Waals surface area contributed by atoms with Crippen molar-refractivity contribution in [2.75, 3.05) is 18.5 Å². The second kappa shape index (κ2) is 8.80. The Labute approximate surface area is 175 Å². The van der Waals surface area contributed by atoms with Crippen LogP contribution in [0.2, 0.25) is 10.0 Å². The monoisotopic (exact) mass is 416 g/mol. The minimum absolute atomic E-state index is 0.298. The highest BCUT2D eigenvalue weighted by atomic mass is 35.5. The lowest BCUT2D eigenvalue weighted by Gasteiger charge is -2.21. The van der Waals surface area contributed by atoms with Gasteiger partial charge in [0.25, 0.3) is 11.8 Å². The van der Waals surface area contributed by atoms with E-state index in [1.807, 2.05) is 30.3 Å². The molecular weight excluding hydrogens is 395 g/mol. The van der Waals surface area contributed by atoms with Crippen molar-refractivity contribution in [3.63, 3.8) is 0 Å². The van der Waals surface area contributed by atoms with Crippen molar-refractivity contribution in [1.29, 1.82) is 0 Å². The maximum Gasteiger partial charge on any atom is 0.278 e. The maximum atomic E-state index is 13.2. The minimum Gasteiger partial charge on any atom is -0.339 e. The van der Waals surface area contributed by atoms with Crippen molar-refractivity contribution in [2.45, 2.75) is 26.2 Å². The van der Waals surface area contributed by atoms with Crippen LogP contribution in [0.1, 0.15) is 31.7 Å². The van der Waals surface area contributed by atoms with Gasteiger partial charge in [-0.25, -0.2) is 0 Å². The summed E-state index contributed by atoms with van der Waals surface area (Å²) >= 11 is 12.4. The Morgan fingerprint density at radius 1 is 0.964 bits per heavy atom. The molecule has 0 aliphatic carbocycles. The SMILES string of the molecule is CCCCCN1C(=O)C(c2ccc(Cl)cc2Cl)=C(N(C)c2ccccc2)C1=O. The normalized spacial score (nSPS) is 14.2. The number of benzene rings is 2. The fourth-order valence-corrected chi connectivity index (χ4v) is 3.82. The molecule has 0 N–H and O–H groups in total. The van der Waals surface area contributed by atoms with Gasteiger partial charge in [0, 0.05) is 29.9 Å². The molecule has 0 bridgehead atoms. The summed E-state index contributed by atoms with van der Waals surface area (Å²) in [5.74, 6) is -0.614. The molecule has 2 amide bonds. The van der Waals surface area contributed by atoms with Crippen molar-refractivity contribution in [3.05, 3.63) is 69.8 Å². The molecule has 2 aromatic carbocycles. The first-order valence-corrected chi connectivity index (χ1v) is 10.1. The summed E-state index contributed by atoms with van der Waals surface area (Å²) in [6.07, 6.45) is 2.74. The maximum absolute atomic E-state index is 13.2. The molecule has 6 heteroatoms. The van der Waals surface area contributed by atoms with Crippen LogP contribution in [0.4, 0.5) is 5.69 Å². The molecule has 3 rings (SSSR count). The van der Waals surface area contributed by atoms with Crippen molar-refractivity contribution < 1.29 is 9.59 Å². The van der Waals surface area contributed by atoms with Crippen LogP contribution in [0.5, 0.6) is 0 Å². The minimum atomic E-state index is -0.317. The van der Waals surface area contributed by atoms with Crippen LogP contribution in [0.15, 0.2) is 54.2 Å². The Kier molecular flexibility index (Phi) is 6.42. The molecule has 146 valence electrons. The third-order valence-corrected chi connectivity index (χ3v) is 5.36. The number of anilines is 1. The summed E-state index contributed by atoms with van der Waals surface area (Å²) in [6, 6.07) is 14.4. The molecule has 28 heavy (non-hydrogen) atoms. The molecule has 4 nitrogen and oxygen atoms in total. The van der Waals surface area contributed by atoms with E-state index < -0.39 is 0 Å². The molecular formula is C22H22Cl2N2O2. The van der Waals surface area contributed by atoms with Crippen LogP contribution in [-0.4, -0.2) is 30.3 Å². The third kappa shape index (κ3) is 3.94. The van der Waals surface area contributed by atoms with E-state index in [1.54, 1.807) is 30.1 Å². The summed E-state index contributed by atoms with van der Waals surface area (Å²) in [5.41, 5.74) is 1.98. The van der Waals surface area contributed by atoms with E-state index in [0.29, 0.717) is 33.4 Å². The van der Waals surface area contributed by atoms with Crippen molar-refractivity contribution in [2.24, 2.45) is 0 Å². The van der Waals surface area contributed by atoms with E-state index in [-0.39, 0.29) is 11.8 Å². The zero-order valence-electron chi connectivity index (χ0n) is 15.9. The van der Waals surface area contributed by atoms with Crippen LogP contribution in [0, 0.1) is 0 Å². The van der Waals surface area contributed by atoms with Gasteiger partial charge in [-0.1, -0.05) is 67.2 Å². The molecule has 0 saturated heterocycles. The largest absolute Gasteiger partial charge is 0.339 e. The number of likely N-dealkylation sites (N-methyl/N-ethyl adjacent to an activating group) is 1. The number of hydrogen-bond acceptors (Lipinski definition) is 3. The van der Waals surface area contributed by atoms with E-state index in [0.717, 1.165) is 24.9 Å². The van der Waals surface area contributed by atoms with E-state index >= 15 is 0 Å². The smallest absolute Gasteiger partial charge is 0.278 e. The number of para-hydroxylation sites is 1. The van der Waals surface area contributed by atoms with Gasteiger partial charge >= 0.3 is 0 Å². The number of imide groups is 1. The predicted molar refractivity (Wildman–Crippen MR) is 114 cm³/mol. The van der Waals surface area contributed by atoms with Crippen molar-refractivity contribution in [1.82, 2.24) is 4.90 Å². The summed E-state index contributed by atoms with van der Waals surface area (Å²) in [5, 5.41) is 0.821. The first-order valence-electron chi connectivity index (χ1n) is 9.30. The van der Waals surface area contributed by atoms with Gasteiger partial charge in [-0.05, 0) is 30.7 Å². The Hall–Kier alpha value is -2.30. The van der Waals surface area contributed by atoms with Gasteiger partial charge < -0.3 is 4.90 Å². The molecule has 0 unspecified atom stereocenters. The highest BCUT2D eigenvalue weighted by Gasteiger charge is 2.41. The summed E-state index contributed by atoms with van der Waals surface area (Å²) < 4.78 is 0. The number of amides is 2. The van der Waals surface area contributed by atoms with Crippen LogP contribution in [-0.2, 0) is 9.59 Å². The molecule has 0 atom stereocenters. The van der Waals surface area contributed by atoms with Crippen LogP contribution < -0.4 is 4.90 Å². The van der Waals surface area contributed by atoms with E-state index in [2.05, 4.69) is 6.92 Å². The molecule has 0 radical (unpaired) electrons. The van der Waals surface area contributed by atoms with Crippen LogP contribution in [0.25, 0.3) is 5.57 Å². The molecule has 1 aliphatic rings. The van der Waals surface area contributed by atoms with Crippen LogP contribution >= 0.6 is 23.2 Å². The van der Waals surface area contributed by atoms with Crippen molar-refractivity contribution in [3.8, 4) is 0 Å². The highest BCUT2D eigenvalue weighted by molar-refractivity contribution is 6.41.